The fourth-order valence-corrected chi connectivity index (χ4v) is 3.23. The number of carbonyl (C=O) groups excluding carboxylic acids is 1. The van der Waals surface area contributed by atoms with Crippen molar-refractivity contribution in [3.05, 3.63) is 40.1 Å². The Hall–Kier alpha value is -2.01. The largest absolute Gasteiger partial charge is 0.397 e. The fraction of sp³-hybridized carbons (Fsp3) is 0.267. The summed E-state index contributed by atoms with van der Waals surface area (Å²) in [6.45, 7) is 3.82. The topological polar surface area (TPSA) is 58.4 Å². The van der Waals surface area contributed by atoms with E-state index in [4.69, 9.17) is 5.73 Å². The number of hydrogen-bond donors (Lipinski definition) is 2. The van der Waals surface area contributed by atoms with Gasteiger partial charge in [-0.3, -0.25) is 4.79 Å². The lowest BCUT2D eigenvalue weighted by atomic mass is 10.1. The maximum atomic E-state index is 11.5. The predicted molar refractivity (Wildman–Crippen MR) is 84.2 cm³/mol. The number of nitrogens with one attached hydrogen (secondary N) is 1. The van der Waals surface area contributed by atoms with Crippen molar-refractivity contribution >= 4 is 34.3 Å². The Morgan fingerprint density at radius 1 is 1.45 bits per heavy atom. The molecule has 2 aromatic rings. The molecule has 4 nitrogen and oxygen atoms in total. The van der Waals surface area contributed by atoms with Gasteiger partial charge in [-0.1, -0.05) is 6.07 Å². The van der Waals surface area contributed by atoms with Gasteiger partial charge in [-0.25, -0.2) is 0 Å². The van der Waals surface area contributed by atoms with Crippen LogP contribution >= 0.6 is 11.3 Å². The highest BCUT2D eigenvalue weighted by molar-refractivity contribution is 7.09. The van der Waals surface area contributed by atoms with Gasteiger partial charge in [0.2, 0.25) is 5.91 Å². The van der Waals surface area contributed by atoms with Crippen molar-refractivity contribution < 1.29 is 4.79 Å². The average molecular weight is 287 g/mol. The molecule has 0 radical (unpaired) electrons. The van der Waals surface area contributed by atoms with E-state index in [0.717, 1.165) is 35.7 Å². The van der Waals surface area contributed by atoms with Crippen LogP contribution in [0.1, 0.15) is 17.4 Å². The van der Waals surface area contributed by atoms with Gasteiger partial charge in [0.1, 0.15) is 0 Å². The lowest BCUT2D eigenvalue weighted by Crippen LogP contribution is -2.22. The van der Waals surface area contributed by atoms with Crippen LogP contribution in [0.25, 0.3) is 0 Å². The zero-order valence-electron chi connectivity index (χ0n) is 11.3. The van der Waals surface area contributed by atoms with Crippen LogP contribution in [0.2, 0.25) is 0 Å². The Bertz CT molecular complexity index is 637. The molecule has 1 aromatic heterocycles. The molecule has 1 aromatic carbocycles. The molecule has 0 fully saturated rings. The average Bonchev–Trinajstić information content (AvgIpc) is 3.03. The summed E-state index contributed by atoms with van der Waals surface area (Å²) < 4.78 is 0. The molecule has 0 unspecified atom stereocenters. The van der Waals surface area contributed by atoms with Crippen molar-refractivity contribution in [2.75, 3.05) is 22.5 Å². The van der Waals surface area contributed by atoms with Crippen LogP contribution in [0.4, 0.5) is 17.1 Å². The summed E-state index contributed by atoms with van der Waals surface area (Å²) in [6, 6.07) is 8.09. The van der Waals surface area contributed by atoms with Crippen molar-refractivity contribution in [3.8, 4) is 0 Å². The highest BCUT2D eigenvalue weighted by Gasteiger charge is 2.21. The maximum absolute atomic E-state index is 11.5. The molecule has 1 aliphatic rings. The Morgan fingerprint density at radius 2 is 2.30 bits per heavy atom. The minimum Gasteiger partial charge on any atom is -0.397 e. The van der Waals surface area contributed by atoms with Crippen LogP contribution in [-0.4, -0.2) is 12.5 Å². The summed E-state index contributed by atoms with van der Waals surface area (Å²) in [6.07, 6.45) is 0.427. The molecule has 3 N–H and O–H groups in total. The van der Waals surface area contributed by atoms with Crippen LogP contribution in [-0.2, 0) is 17.8 Å². The Balaban J connectivity index is 1.92. The molecule has 104 valence electrons. The highest BCUT2D eigenvalue weighted by atomic mass is 32.1. The molecule has 1 amide bonds. The number of nitrogens with zero attached hydrogens (tertiary/aromatic N) is 1. The molecule has 20 heavy (non-hydrogen) atoms. The van der Waals surface area contributed by atoms with E-state index in [0.29, 0.717) is 6.42 Å². The molecule has 3 rings (SSSR count). The Morgan fingerprint density at radius 3 is 3.00 bits per heavy atom. The molecule has 0 saturated heterocycles. The SMILES string of the molecule is CCN(Cc1cccs1)c1cc2c(cc1N)CC(=O)N2. The van der Waals surface area contributed by atoms with Crippen molar-refractivity contribution in [3.63, 3.8) is 0 Å². The number of nitrogens with two attached hydrogens (primary N) is 1. The van der Waals surface area contributed by atoms with Crippen molar-refractivity contribution in [2.45, 2.75) is 19.9 Å². The standard InChI is InChI=1S/C15H17N3OS/c1-2-18(9-11-4-3-5-20-11)14-8-13-10(6-12(14)16)7-15(19)17-13/h3-6,8H,2,7,9,16H2,1H3,(H,17,19). The normalized spacial score (nSPS) is 13.2. The van der Waals surface area contributed by atoms with Gasteiger partial charge in [0, 0.05) is 17.1 Å². The van der Waals surface area contributed by atoms with E-state index in [1.165, 1.54) is 4.88 Å². The van der Waals surface area contributed by atoms with Gasteiger partial charge < -0.3 is 16.0 Å². The number of anilines is 3. The first-order valence-electron chi connectivity index (χ1n) is 6.67. The zero-order valence-corrected chi connectivity index (χ0v) is 12.2. The molecule has 1 aliphatic heterocycles. The van der Waals surface area contributed by atoms with Gasteiger partial charge in [-0.2, -0.15) is 0 Å². The van der Waals surface area contributed by atoms with Gasteiger partial charge in [-0.05, 0) is 36.1 Å². The number of rotatable bonds is 4. The minimum atomic E-state index is 0.0397. The van der Waals surface area contributed by atoms with Crippen molar-refractivity contribution in [1.82, 2.24) is 0 Å². The molecular formula is C15H17N3OS. The van der Waals surface area contributed by atoms with Gasteiger partial charge in [0.15, 0.2) is 0 Å². The van der Waals surface area contributed by atoms with Gasteiger partial charge in [0.25, 0.3) is 0 Å². The maximum Gasteiger partial charge on any atom is 0.228 e. The van der Waals surface area contributed by atoms with Crippen LogP contribution in [0.5, 0.6) is 0 Å². The molecule has 0 saturated carbocycles. The van der Waals surface area contributed by atoms with Crippen LogP contribution < -0.4 is 16.0 Å². The van der Waals surface area contributed by atoms with E-state index in [1.807, 2.05) is 12.1 Å². The summed E-state index contributed by atoms with van der Waals surface area (Å²) >= 11 is 1.74. The summed E-state index contributed by atoms with van der Waals surface area (Å²) in [5, 5.41) is 4.96. The molecule has 2 heterocycles. The van der Waals surface area contributed by atoms with Crippen LogP contribution in [0.3, 0.4) is 0 Å². The number of carbonyl (C=O) groups is 1. The first-order valence-corrected chi connectivity index (χ1v) is 7.55. The first-order chi connectivity index (χ1) is 9.67. The first kappa shape index (κ1) is 13.0. The minimum absolute atomic E-state index is 0.0397. The quantitative estimate of drug-likeness (QED) is 0.850. The van der Waals surface area contributed by atoms with Gasteiger partial charge in [0.05, 0.1) is 24.3 Å². The van der Waals surface area contributed by atoms with E-state index >= 15 is 0 Å². The summed E-state index contributed by atoms with van der Waals surface area (Å²) in [5.41, 5.74) is 9.77. The molecule has 0 atom stereocenters. The third-order valence-corrected chi connectivity index (χ3v) is 4.39. The molecule has 5 heteroatoms. The summed E-state index contributed by atoms with van der Waals surface area (Å²) in [5.74, 6) is 0.0397. The summed E-state index contributed by atoms with van der Waals surface area (Å²) in [4.78, 5) is 15.0. The van der Waals surface area contributed by atoms with Crippen LogP contribution in [0.15, 0.2) is 29.6 Å². The lowest BCUT2D eigenvalue weighted by molar-refractivity contribution is -0.115. The second-order valence-corrected chi connectivity index (χ2v) is 5.92. The highest BCUT2D eigenvalue weighted by Crippen LogP contribution is 2.34. The Labute approximate surface area is 122 Å². The monoisotopic (exact) mass is 287 g/mol. The molecule has 0 bridgehead atoms. The van der Waals surface area contributed by atoms with Gasteiger partial charge in [-0.15, -0.1) is 11.3 Å². The van der Waals surface area contributed by atoms with Crippen molar-refractivity contribution in [1.29, 1.82) is 0 Å². The van der Waals surface area contributed by atoms with Crippen LogP contribution in [0, 0.1) is 0 Å². The second-order valence-electron chi connectivity index (χ2n) is 4.89. The third-order valence-electron chi connectivity index (χ3n) is 3.53. The third kappa shape index (κ3) is 2.36. The lowest BCUT2D eigenvalue weighted by Gasteiger charge is -2.24. The number of amides is 1. The number of nitrogen functional groups attached to an aromatic ring is 1. The second kappa shape index (κ2) is 5.17. The van der Waals surface area contributed by atoms with E-state index < -0.39 is 0 Å². The van der Waals surface area contributed by atoms with Crippen molar-refractivity contribution in [2.24, 2.45) is 0 Å². The zero-order chi connectivity index (χ0) is 14.1. The van der Waals surface area contributed by atoms with E-state index in [9.17, 15) is 4.79 Å². The number of hydrogen-bond acceptors (Lipinski definition) is 4. The fourth-order valence-electron chi connectivity index (χ4n) is 2.51. The number of benzene rings is 1. The predicted octanol–water partition coefficient (Wildman–Crippen LogP) is 2.85. The van der Waals surface area contributed by atoms with Gasteiger partial charge >= 0.3 is 0 Å². The number of fused-ring (bicyclic) bond motifs is 1. The Kier molecular flexibility index (Phi) is 3.36. The molecule has 0 aliphatic carbocycles. The molecular weight excluding hydrogens is 270 g/mol. The molecule has 0 spiro atoms. The van der Waals surface area contributed by atoms with E-state index in [-0.39, 0.29) is 5.91 Å². The number of thiophene rings is 1. The summed E-state index contributed by atoms with van der Waals surface area (Å²) in [7, 11) is 0. The smallest absolute Gasteiger partial charge is 0.228 e. The van der Waals surface area contributed by atoms with E-state index in [1.54, 1.807) is 11.3 Å². The van der Waals surface area contributed by atoms with E-state index in [2.05, 4.69) is 34.7 Å².